The second-order valence-electron chi connectivity index (χ2n) is 7.06. The average Bonchev–Trinajstić information content (AvgIpc) is 3.09. The van der Waals surface area contributed by atoms with Crippen molar-refractivity contribution in [2.75, 3.05) is 39.9 Å². The highest BCUT2D eigenvalue weighted by Crippen LogP contribution is 2.27. The Balaban J connectivity index is 0.00000312. The van der Waals surface area contributed by atoms with E-state index in [1.165, 1.54) is 0 Å². The van der Waals surface area contributed by atoms with E-state index in [1.807, 2.05) is 19.6 Å². The topological polar surface area (TPSA) is 54.7 Å². The van der Waals surface area contributed by atoms with Crippen LogP contribution in [0.3, 0.4) is 0 Å². The molecule has 0 aromatic carbocycles. The molecule has 0 radical (unpaired) electrons. The third-order valence-corrected chi connectivity index (χ3v) is 4.71. The molecule has 2 rings (SSSR count). The maximum Gasteiger partial charge on any atom is 0.193 e. The summed E-state index contributed by atoms with van der Waals surface area (Å²) in [6.45, 7) is 11.1. The maximum absolute atomic E-state index is 5.68. The summed E-state index contributed by atoms with van der Waals surface area (Å²) >= 11 is 0. The van der Waals surface area contributed by atoms with E-state index < -0.39 is 0 Å². The first-order valence-electron chi connectivity index (χ1n) is 9.12. The van der Waals surface area contributed by atoms with Gasteiger partial charge in [0.2, 0.25) is 0 Å². The van der Waals surface area contributed by atoms with Crippen LogP contribution in [0.2, 0.25) is 0 Å². The van der Waals surface area contributed by atoms with Crippen molar-refractivity contribution in [3.05, 3.63) is 18.7 Å². The lowest BCUT2D eigenvalue weighted by atomic mass is 9.93. The number of rotatable bonds is 7. The Morgan fingerprint density at radius 1 is 1.40 bits per heavy atom. The molecule has 0 bridgehead atoms. The summed E-state index contributed by atoms with van der Waals surface area (Å²) in [6, 6.07) is 0.446. The number of nitrogens with zero attached hydrogens (tertiary/aromatic N) is 4. The summed E-state index contributed by atoms with van der Waals surface area (Å²) in [4.78, 5) is 11.0. The summed E-state index contributed by atoms with van der Waals surface area (Å²) in [7, 11) is 1.85. The third-order valence-electron chi connectivity index (χ3n) is 4.71. The molecule has 1 aliphatic heterocycles. The molecule has 0 spiro atoms. The predicted octanol–water partition coefficient (Wildman–Crippen LogP) is 3.02. The Labute approximate surface area is 169 Å². The third kappa shape index (κ3) is 7.13. The van der Waals surface area contributed by atoms with Crippen molar-refractivity contribution < 1.29 is 4.74 Å². The highest BCUT2D eigenvalue weighted by molar-refractivity contribution is 14.0. The summed E-state index contributed by atoms with van der Waals surface area (Å²) in [5.74, 6) is 2.31. The molecular weight excluding hydrogens is 429 g/mol. The largest absolute Gasteiger partial charge is 0.380 e. The number of hydrogen-bond donors (Lipinski definition) is 1. The van der Waals surface area contributed by atoms with Gasteiger partial charge in [0.25, 0.3) is 0 Å². The number of likely N-dealkylation sites (tertiary alicyclic amines) is 1. The molecule has 1 aliphatic rings. The lowest BCUT2D eigenvalue weighted by molar-refractivity contribution is 0.126. The number of guanidine groups is 1. The molecule has 0 aliphatic carbocycles. The summed E-state index contributed by atoms with van der Waals surface area (Å²) in [5.41, 5.74) is 0. The number of nitrogens with one attached hydrogen (secondary N) is 1. The van der Waals surface area contributed by atoms with Gasteiger partial charge in [0.15, 0.2) is 5.96 Å². The molecule has 7 heteroatoms. The highest BCUT2D eigenvalue weighted by atomic mass is 127. The molecule has 1 aromatic rings. The van der Waals surface area contributed by atoms with E-state index in [1.54, 1.807) is 0 Å². The van der Waals surface area contributed by atoms with E-state index in [4.69, 9.17) is 4.74 Å². The number of piperidine rings is 1. The number of imidazole rings is 1. The van der Waals surface area contributed by atoms with Crippen molar-refractivity contribution in [2.45, 2.75) is 39.7 Å². The maximum atomic E-state index is 5.68. The van der Waals surface area contributed by atoms with Crippen molar-refractivity contribution in [3.63, 3.8) is 0 Å². The van der Waals surface area contributed by atoms with Gasteiger partial charge in [-0.3, -0.25) is 4.99 Å². The Kier molecular flexibility index (Phi) is 10.4. The minimum absolute atomic E-state index is 0. The zero-order valence-corrected chi connectivity index (χ0v) is 18.3. The van der Waals surface area contributed by atoms with Crippen LogP contribution < -0.4 is 5.32 Å². The zero-order chi connectivity index (χ0) is 17.4. The van der Waals surface area contributed by atoms with Crippen LogP contribution in [0.5, 0.6) is 0 Å². The van der Waals surface area contributed by atoms with Crippen molar-refractivity contribution in [2.24, 2.45) is 16.8 Å². The van der Waals surface area contributed by atoms with Crippen LogP contribution in [-0.2, 0) is 4.74 Å². The first-order valence-corrected chi connectivity index (χ1v) is 9.12. The highest BCUT2D eigenvalue weighted by Gasteiger charge is 2.28. The molecule has 1 aromatic heterocycles. The van der Waals surface area contributed by atoms with Gasteiger partial charge in [-0.2, -0.15) is 0 Å². The van der Waals surface area contributed by atoms with Crippen LogP contribution >= 0.6 is 24.0 Å². The smallest absolute Gasteiger partial charge is 0.193 e. The fourth-order valence-electron chi connectivity index (χ4n) is 3.08. The molecule has 25 heavy (non-hydrogen) atoms. The van der Waals surface area contributed by atoms with Gasteiger partial charge in [-0.05, 0) is 24.7 Å². The van der Waals surface area contributed by atoms with E-state index >= 15 is 0 Å². The van der Waals surface area contributed by atoms with Gasteiger partial charge in [0, 0.05) is 45.7 Å². The molecule has 1 saturated heterocycles. The van der Waals surface area contributed by atoms with Crippen molar-refractivity contribution >= 4 is 29.9 Å². The zero-order valence-electron chi connectivity index (χ0n) is 16.0. The Hall–Kier alpha value is -0.830. The first kappa shape index (κ1) is 22.2. The summed E-state index contributed by atoms with van der Waals surface area (Å²) in [6.07, 6.45) is 8.11. The van der Waals surface area contributed by atoms with E-state index in [2.05, 4.69) is 51.7 Å². The van der Waals surface area contributed by atoms with Crippen molar-refractivity contribution in [1.29, 1.82) is 0 Å². The SMILES string of the molecule is CN=C(NCCOCCC(C)C)N1CCC(C)C(n2ccnc2)C1.I. The number of ether oxygens (including phenoxy) is 1. The van der Waals surface area contributed by atoms with Gasteiger partial charge in [0.1, 0.15) is 0 Å². The molecule has 2 atom stereocenters. The average molecular weight is 463 g/mol. The molecule has 0 amide bonds. The molecule has 2 heterocycles. The lowest BCUT2D eigenvalue weighted by Gasteiger charge is -2.39. The standard InChI is InChI=1S/C18H33N5O.HI/c1-15(2)6-11-24-12-8-21-18(19-4)22-9-5-16(3)17(13-22)23-10-7-20-14-23;/h7,10,14-17H,5-6,8-9,11-13H2,1-4H3,(H,19,21);1H. The van der Waals surface area contributed by atoms with Crippen molar-refractivity contribution in [3.8, 4) is 0 Å². The first-order chi connectivity index (χ1) is 11.6. The molecular formula is C18H34IN5O. The van der Waals surface area contributed by atoms with Crippen LogP contribution in [0.25, 0.3) is 0 Å². The fourth-order valence-corrected chi connectivity index (χ4v) is 3.08. The molecule has 2 unspecified atom stereocenters. The fraction of sp³-hybridized carbons (Fsp3) is 0.778. The second kappa shape index (κ2) is 11.7. The minimum Gasteiger partial charge on any atom is -0.380 e. The number of aliphatic imine (C=N–C) groups is 1. The van der Waals surface area contributed by atoms with E-state index in [0.29, 0.717) is 17.9 Å². The number of halogens is 1. The van der Waals surface area contributed by atoms with E-state index in [9.17, 15) is 0 Å². The number of hydrogen-bond acceptors (Lipinski definition) is 3. The quantitative estimate of drug-likeness (QED) is 0.293. The normalized spacial score (nSPS) is 21.3. The molecule has 0 saturated carbocycles. The Bertz CT molecular complexity index is 492. The summed E-state index contributed by atoms with van der Waals surface area (Å²) < 4.78 is 7.90. The second-order valence-corrected chi connectivity index (χ2v) is 7.06. The van der Waals surface area contributed by atoms with Crippen LogP contribution in [0, 0.1) is 11.8 Å². The van der Waals surface area contributed by atoms with Gasteiger partial charge in [-0.25, -0.2) is 4.98 Å². The van der Waals surface area contributed by atoms with Gasteiger partial charge in [-0.15, -0.1) is 24.0 Å². The van der Waals surface area contributed by atoms with Crippen LogP contribution in [0.1, 0.15) is 39.7 Å². The Morgan fingerprint density at radius 2 is 2.20 bits per heavy atom. The molecule has 6 nitrogen and oxygen atoms in total. The minimum atomic E-state index is 0. The van der Waals surface area contributed by atoms with Crippen LogP contribution in [0.15, 0.2) is 23.7 Å². The molecule has 1 N–H and O–H groups in total. The van der Waals surface area contributed by atoms with Crippen LogP contribution in [0.4, 0.5) is 0 Å². The van der Waals surface area contributed by atoms with Gasteiger partial charge >= 0.3 is 0 Å². The van der Waals surface area contributed by atoms with Crippen LogP contribution in [-0.4, -0.2) is 60.3 Å². The summed E-state index contributed by atoms with van der Waals surface area (Å²) in [5, 5.41) is 3.43. The Morgan fingerprint density at radius 3 is 2.84 bits per heavy atom. The van der Waals surface area contributed by atoms with E-state index in [-0.39, 0.29) is 24.0 Å². The predicted molar refractivity (Wildman–Crippen MR) is 114 cm³/mol. The van der Waals surface area contributed by atoms with Gasteiger partial charge in [-0.1, -0.05) is 20.8 Å². The lowest BCUT2D eigenvalue weighted by Crippen LogP contribution is -2.49. The van der Waals surface area contributed by atoms with E-state index in [0.717, 1.165) is 51.6 Å². The monoisotopic (exact) mass is 463 g/mol. The van der Waals surface area contributed by atoms with Gasteiger partial charge < -0.3 is 19.5 Å². The van der Waals surface area contributed by atoms with Crippen molar-refractivity contribution in [1.82, 2.24) is 19.8 Å². The van der Waals surface area contributed by atoms with Gasteiger partial charge in [0.05, 0.1) is 19.0 Å². The molecule has 1 fully saturated rings. The number of aromatic nitrogens is 2. The molecule has 144 valence electrons.